The molecule has 0 fully saturated rings. The van der Waals surface area contributed by atoms with Crippen molar-refractivity contribution in [2.75, 3.05) is 0 Å². The van der Waals surface area contributed by atoms with Gasteiger partial charge in [0, 0.05) is 11.8 Å². The maximum atomic E-state index is 9.71. The summed E-state index contributed by atoms with van der Waals surface area (Å²) in [4.78, 5) is 0. The van der Waals surface area contributed by atoms with Gasteiger partial charge < -0.3 is 5.11 Å². The van der Waals surface area contributed by atoms with Crippen LogP contribution in [0.15, 0.2) is 30.6 Å². The van der Waals surface area contributed by atoms with Crippen LogP contribution in [0.4, 0.5) is 0 Å². The Hall–Kier alpha value is -1.39. The summed E-state index contributed by atoms with van der Waals surface area (Å²) in [6, 6.07) is 7.26. The van der Waals surface area contributed by atoms with Gasteiger partial charge in [-0.05, 0) is 41.6 Å². The van der Waals surface area contributed by atoms with E-state index in [2.05, 4.69) is 33.8 Å². The summed E-state index contributed by atoms with van der Waals surface area (Å²) in [5.74, 6) is 0. The molecule has 1 heterocycles. The van der Waals surface area contributed by atoms with E-state index in [4.69, 9.17) is 5.26 Å². The smallest absolute Gasteiger partial charge is 0.0992 e. The molecule has 86 valence electrons. The summed E-state index contributed by atoms with van der Waals surface area (Å²) in [6.45, 7) is 1.69. The lowest BCUT2D eigenvalue weighted by molar-refractivity contribution is 0.199. The standard InChI is InChI=1S/C12H10IN3O/c1-8(17)11-3-2-9(5-14)4-12(11)16-7-10(13)6-15-16/h2-4,6-8,17H,1H3/t8-/m1/s1. The molecule has 2 rings (SSSR count). The van der Waals surface area contributed by atoms with E-state index in [1.807, 2.05) is 6.20 Å². The molecule has 0 aliphatic rings. The zero-order chi connectivity index (χ0) is 12.4. The molecule has 0 unspecified atom stereocenters. The molecule has 0 bridgehead atoms. The number of nitriles is 1. The highest BCUT2D eigenvalue weighted by Crippen LogP contribution is 2.23. The molecular formula is C12H10IN3O. The summed E-state index contributed by atoms with van der Waals surface area (Å²) in [5, 5.41) is 22.8. The van der Waals surface area contributed by atoms with Gasteiger partial charge >= 0.3 is 0 Å². The fraction of sp³-hybridized carbons (Fsp3) is 0.167. The van der Waals surface area contributed by atoms with E-state index in [1.165, 1.54) is 0 Å². The van der Waals surface area contributed by atoms with E-state index in [0.717, 1.165) is 14.8 Å². The average Bonchev–Trinajstić information content (AvgIpc) is 2.75. The minimum atomic E-state index is -0.598. The Kier molecular flexibility index (Phi) is 3.45. The molecule has 1 aromatic heterocycles. The molecule has 1 N–H and O–H groups in total. The van der Waals surface area contributed by atoms with Crippen LogP contribution < -0.4 is 0 Å². The number of halogens is 1. The van der Waals surface area contributed by atoms with Crippen LogP contribution >= 0.6 is 22.6 Å². The number of aliphatic hydroxyl groups is 1. The van der Waals surface area contributed by atoms with E-state index in [-0.39, 0.29) is 0 Å². The van der Waals surface area contributed by atoms with Crippen molar-refractivity contribution in [3.05, 3.63) is 45.3 Å². The topological polar surface area (TPSA) is 61.8 Å². The van der Waals surface area contributed by atoms with Gasteiger partial charge in [-0.25, -0.2) is 4.68 Å². The van der Waals surface area contributed by atoms with Crippen LogP contribution in [0.5, 0.6) is 0 Å². The van der Waals surface area contributed by atoms with Crippen molar-refractivity contribution in [1.82, 2.24) is 9.78 Å². The maximum Gasteiger partial charge on any atom is 0.0992 e. The fourth-order valence-electron chi connectivity index (χ4n) is 1.60. The number of hydrogen-bond donors (Lipinski definition) is 1. The van der Waals surface area contributed by atoms with Crippen molar-refractivity contribution in [3.63, 3.8) is 0 Å². The van der Waals surface area contributed by atoms with Crippen molar-refractivity contribution in [2.45, 2.75) is 13.0 Å². The number of rotatable bonds is 2. The van der Waals surface area contributed by atoms with E-state index in [0.29, 0.717) is 5.56 Å². The van der Waals surface area contributed by atoms with Crippen LogP contribution in [-0.2, 0) is 0 Å². The third-order valence-electron chi connectivity index (χ3n) is 2.41. The SMILES string of the molecule is C[C@@H](O)c1ccc(C#N)cc1-n1cc(I)cn1. The lowest BCUT2D eigenvalue weighted by Gasteiger charge is -2.12. The summed E-state index contributed by atoms with van der Waals surface area (Å²) >= 11 is 2.16. The van der Waals surface area contributed by atoms with Gasteiger partial charge in [0.05, 0.1) is 33.2 Å². The minimum Gasteiger partial charge on any atom is -0.389 e. The summed E-state index contributed by atoms with van der Waals surface area (Å²) in [5.41, 5.74) is 2.04. The Morgan fingerprint density at radius 1 is 1.53 bits per heavy atom. The van der Waals surface area contributed by atoms with Crippen molar-refractivity contribution in [2.24, 2.45) is 0 Å². The zero-order valence-corrected chi connectivity index (χ0v) is 11.3. The first kappa shape index (κ1) is 12.1. The van der Waals surface area contributed by atoms with Crippen LogP contribution in [0, 0.1) is 14.9 Å². The van der Waals surface area contributed by atoms with Crippen LogP contribution in [0.3, 0.4) is 0 Å². The first-order valence-corrected chi connectivity index (χ1v) is 6.12. The summed E-state index contributed by atoms with van der Waals surface area (Å²) in [6.07, 6.45) is 2.98. The number of benzene rings is 1. The Morgan fingerprint density at radius 2 is 2.29 bits per heavy atom. The third-order valence-corrected chi connectivity index (χ3v) is 2.96. The Bertz CT molecular complexity index is 584. The number of aromatic nitrogens is 2. The minimum absolute atomic E-state index is 0.551. The monoisotopic (exact) mass is 339 g/mol. The number of nitrogens with zero attached hydrogens (tertiary/aromatic N) is 3. The molecule has 0 saturated carbocycles. The van der Waals surface area contributed by atoms with Gasteiger partial charge in [-0.15, -0.1) is 0 Å². The molecule has 4 nitrogen and oxygen atoms in total. The highest BCUT2D eigenvalue weighted by molar-refractivity contribution is 14.1. The predicted molar refractivity (Wildman–Crippen MR) is 71.6 cm³/mol. The van der Waals surface area contributed by atoms with Crippen molar-refractivity contribution >= 4 is 22.6 Å². The van der Waals surface area contributed by atoms with Gasteiger partial charge in [-0.3, -0.25) is 0 Å². The molecular weight excluding hydrogens is 329 g/mol. The van der Waals surface area contributed by atoms with Crippen molar-refractivity contribution in [1.29, 1.82) is 5.26 Å². The van der Waals surface area contributed by atoms with Gasteiger partial charge in [-0.1, -0.05) is 6.07 Å². The Balaban J connectivity index is 2.61. The average molecular weight is 339 g/mol. The normalized spacial score (nSPS) is 12.1. The molecule has 2 aromatic rings. The lowest BCUT2D eigenvalue weighted by atomic mass is 10.1. The molecule has 0 radical (unpaired) electrons. The molecule has 1 aromatic carbocycles. The molecule has 0 saturated heterocycles. The van der Waals surface area contributed by atoms with Crippen LogP contribution in [0.25, 0.3) is 5.69 Å². The lowest BCUT2D eigenvalue weighted by Crippen LogP contribution is -2.03. The van der Waals surface area contributed by atoms with Crippen LogP contribution in [-0.4, -0.2) is 14.9 Å². The molecule has 17 heavy (non-hydrogen) atoms. The molecule has 0 amide bonds. The van der Waals surface area contributed by atoms with Gasteiger partial charge in [0.1, 0.15) is 0 Å². The van der Waals surface area contributed by atoms with E-state index in [9.17, 15) is 5.11 Å². The zero-order valence-electron chi connectivity index (χ0n) is 9.13. The summed E-state index contributed by atoms with van der Waals surface area (Å²) in [7, 11) is 0. The Labute approximate surface area is 113 Å². The number of hydrogen-bond acceptors (Lipinski definition) is 3. The molecule has 5 heteroatoms. The van der Waals surface area contributed by atoms with Gasteiger partial charge in [-0.2, -0.15) is 10.4 Å². The van der Waals surface area contributed by atoms with E-state index >= 15 is 0 Å². The highest BCUT2D eigenvalue weighted by atomic mass is 127. The third kappa shape index (κ3) is 2.48. The number of aliphatic hydroxyl groups excluding tert-OH is 1. The van der Waals surface area contributed by atoms with Crippen molar-refractivity contribution < 1.29 is 5.11 Å². The largest absolute Gasteiger partial charge is 0.389 e. The first-order valence-electron chi connectivity index (χ1n) is 5.04. The molecule has 0 aliphatic heterocycles. The second-order valence-electron chi connectivity index (χ2n) is 3.66. The molecule has 0 aliphatic carbocycles. The van der Waals surface area contributed by atoms with Gasteiger partial charge in [0.25, 0.3) is 0 Å². The van der Waals surface area contributed by atoms with Gasteiger partial charge in [0.2, 0.25) is 0 Å². The highest BCUT2D eigenvalue weighted by Gasteiger charge is 2.11. The van der Waals surface area contributed by atoms with Gasteiger partial charge in [0.15, 0.2) is 0 Å². The maximum absolute atomic E-state index is 9.71. The first-order chi connectivity index (χ1) is 8.11. The predicted octanol–water partition coefficient (Wildman–Crippen LogP) is 2.40. The van der Waals surface area contributed by atoms with Crippen molar-refractivity contribution in [3.8, 4) is 11.8 Å². The molecule has 1 atom stereocenters. The quantitative estimate of drug-likeness (QED) is 0.855. The fourth-order valence-corrected chi connectivity index (χ4v) is 1.99. The Morgan fingerprint density at radius 3 is 2.82 bits per heavy atom. The second kappa shape index (κ2) is 4.85. The summed E-state index contributed by atoms with van der Waals surface area (Å²) < 4.78 is 2.67. The van der Waals surface area contributed by atoms with E-state index < -0.39 is 6.10 Å². The van der Waals surface area contributed by atoms with Crippen LogP contribution in [0.1, 0.15) is 24.2 Å². The second-order valence-corrected chi connectivity index (χ2v) is 4.91. The van der Waals surface area contributed by atoms with Crippen LogP contribution in [0.2, 0.25) is 0 Å². The van der Waals surface area contributed by atoms with E-state index in [1.54, 1.807) is 36.0 Å². The molecule has 0 spiro atoms.